The molecule has 0 aliphatic heterocycles. The quantitative estimate of drug-likeness (QED) is 0.238. The largest absolute Gasteiger partial charge is 0.406 e. The van der Waals surface area contributed by atoms with Crippen LogP contribution in [0.4, 0.5) is 26.3 Å². The molecule has 0 aromatic heterocycles. The molecule has 11 heteroatoms. The van der Waals surface area contributed by atoms with E-state index in [-0.39, 0.29) is 19.2 Å². The van der Waals surface area contributed by atoms with Gasteiger partial charge in [0.15, 0.2) is 5.41 Å². The van der Waals surface area contributed by atoms with Crippen molar-refractivity contribution in [1.29, 1.82) is 0 Å². The van der Waals surface area contributed by atoms with Crippen LogP contribution in [0.1, 0.15) is 45.4 Å². The minimum atomic E-state index is -5.67. The number of hydrogen-bond donors (Lipinski definition) is 0. The first-order valence-electron chi connectivity index (χ1n) is 8.91. The number of halogens is 7. The lowest BCUT2D eigenvalue weighted by atomic mass is 9.80. The van der Waals surface area contributed by atoms with Gasteiger partial charge in [0, 0.05) is 25.4 Å². The molecule has 0 spiro atoms. The Kier molecular flexibility index (Phi) is 8.89. The van der Waals surface area contributed by atoms with Crippen LogP contribution in [0.2, 0.25) is 0 Å². The summed E-state index contributed by atoms with van der Waals surface area (Å²) >= 11 is 5.56. The molecular weight excluding hydrogens is 432 g/mol. The van der Waals surface area contributed by atoms with E-state index in [1.54, 1.807) is 6.92 Å². The van der Waals surface area contributed by atoms with Crippen molar-refractivity contribution >= 4 is 21.6 Å². The Morgan fingerprint density at radius 1 is 1.04 bits per heavy atom. The standard InChI is InChI=1S/C17H24ClF6NO2S/c1-2-11-25(12-6-4-3-5-10-18)28(26,27)14-8-7-9-15(13-14,16(19,20)21)17(22,23)24/h7-9H,2-6,10-13H2,1H3. The zero-order valence-corrected chi connectivity index (χ0v) is 17.0. The maximum atomic E-state index is 13.3. The van der Waals surface area contributed by atoms with Gasteiger partial charge < -0.3 is 0 Å². The van der Waals surface area contributed by atoms with Gasteiger partial charge >= 0.3 is 12.4 Å². The van der Waals surface area contributed by atoms with Gasteiger partial charge in [-0.2, -0.15) is 30.6 Å². The van der Waals surface area contributed by atoms with Crippen LogP contribution in [-0.4, -0.2) is 44.0 Å². The van der Waals surface area contributed by atoms with E-state index >= 15 is 0 Å². The Labute approximate surface area is 166 Å². The predicted molar refractivity (Wildman–Crippen MR) is 96.4 cm³/mol. The third-order valence-corrected chi connectivity index (χ3v) is 6.82. The van der Waals surface area contributed by atoms with Crippen LogP contribution in [-0.2, 0) is 10.0 Å². The van der Waals surface area contributed by atoms with Crippen LogP contribution < -0.4 is 0 Å². The number of allylic oxidation sites excluding steroid dienone is 4. The molecule has 164 valence electrons. The van der Waals surface area contributed by atoms with Gasteiger partial charge in [-0.3, -0.25) is 0 Å². The second-order valence-electron chi connectivity index (χ2n) is 6.64. The fourth-order valence-electron chi connectivity index (χ4n) is 2.94. The molecule has 28 heavy (non-hydrogen) atoms. The molecule has 0 amide bonds. The van der Waals surface area contributed by atoms with E-state index in [1.807, 2.05) is 0 Å². The van der Waals surface area contributed by atoms with Crippen LogP contribution in [0.25, 0.3) is 0 Å². The zero-order valence-electron chi connectivity index (χ0n) is 15.4. The van der Waals surface area contributed by atoms with Crippen molar-refractivity contribution in [3.63, 3.8) is 0 Å². The monoisotopic (exact) mass is 455 g/mol. The van der Waals surface area contributed by atoms with Crippen LogP contribution in [0, 0.1) is 5.41 Å². The molecule has 0 radical (unpaired) electrons. The van der Waals surface area contributed by atoms with Gasteiger partial charge in [-0.1, -0.05) is 31.9 Å². The second-order valence-corrected chi connectivity index (χ2v) is 9.01. The number of rotatable bonds is 10. The van der Waals surface area contributed by atoms with Crippen molar-refractivity contribution in [3.05, 3.63) is 23.1 Å². The number of sulfonamides is 1. The summed E-state index contributed by atoms with van der Waals surface area (Å²) in [6, 6.07) is 0. The van der Waals surface area contributed by atoms with E-state index in [2.05, 4.69) is 0 Å². The van der Waals surface area contributed by atoms with E-state index < -0.39 is 39.1 Å². The Hall–Kier alpha value is -0.740. The third-order valence-electron chi connectivity index (χ3n) is 4.56. The predicted octanol–water partition coefficient (Wildman–Crippen LogP) is 5.78. The van der Waals surface area contributed by atoms with Crippen molar-refractivity contribution in [1.82, 2.24) is 4.31 Å². The van der Waals surface area contributed by atoms with Gasteiger partial charge in [-0.25, -0.2) is 8.42 Å². The number of unbranched alkanes of at least 4 members (excludes halogenated alkanes) is 3. The number of nitrogens with zero attached hydrogens (tertiary/aromatic N) is 1. The summed E-state index contributed by atoms with van der Waals surface area (Å²) in [4.78, 5) is -0.876. The molecule has 0 unspecified atom stereocenters. The SMILES string of the molecule is CCCN(CCCCCCCl)S(=O)(=O)C1=CC=CC(C(F)(F)F)(C(F)(F)F)C1. The average molecular weight is 456 g/mol. The molecule has 0 saturated carbocycles. The molecular formula is C17H24ClF6NO2S. The van der Waals surface area contributed by atoms with E-state index in [4.69, 9.17) is 11.6 Å². The molecule has 1 aliphatic carbocycles. The maximum Gasteiger partial charge on any atom is 0.406 e. The van der Waals surface area contributed by atoms with Crippen molar-refractivity contribution < 1.29 is 34.8 Å². The molecule has 0 bridgehead atoms. The molecule has 0 saturated heterocycles. The molecule has 0 aromatic rings. The highest BCUT2D eigenvalue weighted by molar-refractivity contribution is 7.93. The van der Waals surface area contributed by atoms with Gasteiger partial charge in [0.25, 0.3) is 0 Å². The van der Waals surface area contributed by atoms with Crippen LogP contribution in [0.5, 0.6) is 0 Å². The molecule has 1 rings (SSSR count). The van der Waals surface area contributed by atoms with E-state index in [9.17, 15) is 34.8 Å². The van der Waals surface area contributed by atoms with Crippen LogP contribution in [0.15, 0.2) is 23.1 Å². The molecule has 3 nitrogen and oxygen atoms in total. The average Bonchev–Trinajstić information content (AvgIpc) is 2.58. The summed E-state index contributed by atoms with van der Waals surface area (Å²) in [6.45, 7) is 1.73. The van der Waals surface area contributed by atoms with Gasteiger partial charge in [0.2, 0.25) is 10.0 Å². The van der Waals surface area contributed by atoms with Crippen molar-refractivity contribution in [2.45, 2.75) is 57.8 Å². The van der Waals surface area contributed by atoms with E-state index in [0.29, 0.717) is 31.2 Å². The minimum absolute atomic E-state index is 0.0116. The topological polar surface area (TPSA) is 37.4 Å². The Balaban J connectivity index is 3.10. The Bertz CT molecular complexity index is 656. The van der Waals surface area contributed by atoms with E-state index in [0.717, 1.165) is 23.2 Å². The highest BCUT2D eigenvalue weighted by atomic mass is 35.5. The Morgan fingerprint density at radius 2 is 1.61 bits per heavy atom. The zero-order chi connectivity index (χ0) is 21.6. The summed E-state index contributed by atoms with van der Waals surface area (Å²) in [7, 11) is -4.45. The van der Waals surface area contributed by atoms with Gasteiger partial charge in [-0.05, 0) is 25.3 Å². The summed E-state index contributed by atoms with van der Waals surface area (Å²) in [6.07, 6.45) is -8.69. The molecule has 0 aromatic carbocycles. The fraction of sp³-hybridized carbons (Fsp3) is 0.765. The smallest absolute Gasteiger partial charge is 0.207 e. The maximum absolute atomic E-state index is 13.3. The minimum Gasteiger partial charge on any atom is -0.207 e. The lowest BCUT2D eigenvalue weighted by molar-refractivity contribution is -0.320. The first kappa shape index (κ1) is 25.3. The summed E-state index contributed by atoms with van der Waals surface area (Å²) in [5.74, 6) is 0.465. The fourth-order valence-corrected chi connectivity index (χ4v) is 4.92. The van der Waals surface area contributed by atoms with Gasteiger partial charge in [-0.15, -0.1) is 11.6 Å². The summed E-state index contributed by atoms with van der Waals surface area (Å²) in [5.41, 5.74) is -4.21. The third kappa shape index (κ3) is 5.66. The Morgan fingerprint density at radius 3 is 2.11 bits per heavy atom. The van der Waals surface area contributed by atoms with Crippen molar-refractivity contribution in [2.24, 2.45) is 5.41 Å². The van der Waals surface area contributed by atoms with Gasteiger partial charge in [0.05, 0.1) is 4.91 Å². The van der Waals surface area contributed by atoms with Gasteiger partial charge in [0.1, 0.15) is 0 Å². The highest BCUT2D eigenvalue weighted by Crippen LogP contribution is 2.56. The molecule has 0 atom stereocenters. The molecule has 0 heterocycles. The second kappa shape index (κ2) is 9.84. The van der Waals surface area contributed by atoms with E-state index in [1.165, 1.54) is 0 Å². The number of hydrogen-bond acceptors (Lipinski definition) is 2. The summed E-state index contributed by atoms with van der Waals surface area (Å²) in [5, 5.41) is 0. The van der Waals surface area contributed by atoms with Crippen LogP contribution in [0.3, 0.4) is 0 Å². The summed E-state index contributed by atoms with van der Waals surface area (Å²) < 4.78 is 106. The van der Waals surface area contributed by atoms with Crippen molar-refractivity contribution in [3.8, 4) is 0 Å². The lowest BCUT2D eigenvalue weighted by Crippen LogP contribution is -2.50. The normalized spacial score (nSPS) is 17.8. The first-order valence-corrected chi connectivity index (χ1v) is 10.9. The number of alkyl halides is 7. The molecule has 1 aliphatic rings. The first-order chi connectivity index (χ1) is 12.8. The lowest BCUT2D eigenvalue weighted by Gasteiger charge is -2.37. The molecule has 0 N–H and O–H groups in total. The van der Waals surface area contributed by atoms with Crippen molar-refractivity contribution in [2.75, 3.05) is 19.0 Å². The van der Waals surface area contributed by atoms with Crippen LogP contribution >= 0.6 is 11.6 Å². The molecule has 0 fully saturated rings. The highest BCUT2D eigenvalue weighted by Gasteiger charge is 2.70.